The van der Waals surface area contributed by atoms with Crippen molar-refractivity contribution in [3.8, 4) is 5.75 Å². The van der Waals surface area contributed by atoms with Gasteiger partial charge in [0, 0.05) is 0 Å². The van der Waals surface area contributed by atoms with Gasteiger partial charge < -0.3 is 4.52 Å². The fraction of sp³-hybridized carbons (Fsp3) is 0.200. The van der Waals surface area contributed by atoms with Crippen LogP contribution in [-0.4, -0.2) is 11.5 Å². The molecule has 0 bridgehead atoms. The second-order valence-corrected chi connectivity index (χ2v) is 4.29. The zero-order chi connectivity index (χ0) is 11.3. The molecule has 0 aliphatic carbocycles. The minimum atomic E-state index is -4.03. The van der Waals surface area contributed by atoms with Crippen molar-refractivity contribution in [1.29, 1.82) is 0 Å². The molecule has 0 radical (unpaired) electrons. The van der Waals surface area contributed by atoms with E-state index in [0.29, 0.717) is 5.75 Å². The Labute approximate surface area is 88.8 Å². The predicted octanol–water partition coefficient (Wildman–Crippen LogP) is 2.68. The molecule has 1 unspecified atom stereocenters. The van der Waals surface area contributed by atoms with E-state index >= 15 is 0 Å². The lowest BCUT2D eigenvalue weighted by atomic mass is 10.2. The van der Waals surface area contributed by atoms with Gasteiger partial charge in [0.25, 0.3) is 0 Å². The molecule has 15 heavy (non-hydrogen) atoms. The van der Waals surface area contributed by atoms with Gasteiger partial charge in [0.15, 0.2) is 0 Å². The van der Waals surface area contributed by atoms with E-state index < -0.39 is 7.82 Å². The summed E-state index contributed by atoms with van der Waals surface area (Å²) in [5.74, 6) is 0.340. The van der Waals surface area contributed by atoms with Gasteiger partial charge in [0.05, 0.1) is 6.61 Å². The smallest absolute Gasteiger partial charge is 0.404 e. The molecule has 82 valence electrons. The molecule has 4 nitrogen and oxygen atoms in total. The maximum Gasteiger partial charge on any atom is 0.527 e. The fourth-order valence-electron chi connectivity index (χ4n) is 0.956. The van der Waals surface area contributed by atoms with Crippen LogP contribution in [0, 0.1) is 6.92 Å². The van der Waals surface area contributed by atoms with Crippen molar-refractivity contribution in [2.45, 2.75) is 6.92 Å². The highest BCUT2D eigenvalue weighted by Gasteiger charge is 2.22. The fourth-order valence-corrected chi connectivity index (χ4v) is 1.76. The van der Waals surface area contributed by atoms with E-state index in [1.807, 2.05) is 6.07 Å². The second kappa shape index (κ2) is 5.12. The van der Waals surface area contributed by atoms with Crippen LogP contribution >= 0.6 is 7.82 Å². The predicted molar refractivity (Wildman–Crippen MR) is 57.8 cm³/mol. The van der Waals surface area contributed by atoms with Crippen LogP contribution < -0.4 is 4.52 Å². The third-order valence-electron chi connectivity index (χ3n) is 1.66. The first-order valence-electron chi connectivity index (χ1n) is 4.38. The number of aryl methyl sites for hydroxylation is 1. The van der Waals surface area contributed by atoms with Crippen LogP contribution in [0.25, 0.3) is 0 Å². The van der Waals surface area contributed by atoms with Gasteiger partial charge >= 0.3 is 7.82 Å². The third kappa shape index (κ3) is 3.88. The lowest BCUT2D eigenvalue weighted by molar-refractivity contribution is 0.222. The van der Waals surface area contributed by atoms with Crippen molar-refractivity contribution in [3.05, 3.63) is 42.5 Å². The van der Waals surface area contributed by atoms with Crippen molar-refractivity contribution in [2.75, 3.05) is 6.61 Å². The molecule has 1 atom stereocenters. The first-order valence-corrected chi connectivity index (χ1v) is 5.88. The number of phosphoric acid groups is 1. The number of hydrogen-bond donors (Lipinski definition) is 1. The molecule has 0 aromatic heterocycles. The Bertz CT molecular complexity index is 389. The summed E-state index contributed by atoms with van der Waals surface area (Å²) in [6.45, 7) is 5.13. The Kier molecular flexibility index (Phi) is 4.09. The average molecular weight is 228 g/mol. The summed E-state index contributed by atoms with van der Waals surface area (Å²) in [7, 11) is -4.03. The largest absolute Gasteiger partial charge is 0.527 e. The number of rotatable bonds is 5. The molecule has 1 rings (SSSR count). The van der Waals surface area contributed by atoms with E-state index in [1.165, 1.54) is 6.08 Å². The first kappa shape index (κ1) is 12.0. The van der Waals surface area contributed by atoms with E-state index in [4.69, 9.17) is 4.52 Å². The van der Waals surface area contributed by atoms with Crippen LogP contribution in [0.1, 0.15) is 5.56 Å². The Morgan fingerprint density at radius 3 is 2.80 bits per heavy atom. The summed E-state index contributed by atoms with van der Waals surface area (Å²) in [6, 6.07) is 6.92. The van der Waals surface area contributed by atoms with Crippen molar-refractivity contribution in [3.63, 3.8) is 0 Å². The highest BCUT2D eigenvalue weighted by Crippen LogP contribution is 2.44. The molecule has 0 saturated carbocycles. The van der Waals surface area contributed by atoms with E-state index in [1.54, 1.807) is 25.1 Å². The molecule has 0 fully saturated rings. The SMILES string of the molecule is C=CCOP(=O)(O)Oc1ccccc1C. The van der Waals surface area contributed by atoms with Gasteiger partial charge in [-0.1, -0.05) is 24.3 Å². The maximum absolute atomic E-state index is 11.4. The molecular formula is C10H13O4P. The Balaban J connectivity index is 2.73. The van der Waals surface area contributed by atoms with Crippen molar-refractivity contribution in [1.82, 2.24) is 0 Å². The van der Waals surface area contributed by atoms with E-state index in [0.717, 1.165) is 5.56 Å². The molecule has 5 heteroatoms. The standard InChI is InChI=1S/C10H13O4P/c1-3-8-13-15(11,12)14-10-7-5-4-6-9(10)2/h3-7H,1,8H2,2H3,(H,11,12). The summed E-state index contributed by atoms with van der Waals surface area (Å²) < 4.78 is 20.8. The van der Waals surface area contributed by atoms with Crippen LogP contribution in [-0.2, 0) is 9.09 Å². The Morgan fingerprint density at radius 1 is 1.53 bits per heavy atom. The van der Waals surface area contributed by atoms with Crippen LogP contribution in [0.2, 0.25) is 0 Å². The van der Waals surface area contributed by atoms with Crippen LogP contribution in [0.5, 0.6) is 5.75 Å². The van der Waals surface area contributed by atoms with Crippen LogP contribution in [0.4, 0.5) is 0 Å². The second-order valence-electron chi connectivity index (χ2n) is 2.91. The lowest BCUT2D eigenvalue weighted by Crippen LogP contribution is -1.98. The normalized spacial score (nSPS) is 14.3. The maximum atomic E-state index is 11.4. The molecule has 1 aromatic carbocycles. The van der Waals surface area contributed by atoms with E-state index in [-0.39, 0.29) is 6.61 Å². The minimum absolute atomic E-state index is 0.0281. The monoisotopic (exact) mass is 228 g/mol. The first-order chi connectivity index (χ1) is 7.05. The summed E-state index contributed by atoms with van der Waals surface area (Å²) in [4.78, 5) is 9.29. The van der Waals surface area contributed by atoms with Crippen molar-refractivity contribution >= 4 is 7.82 Å². The number of phosphoric ester groups is 1. The summed E-state index contributed by atoms with van der Waals surface area (Å²) in [5, 5.41) is 0. The Hall–Kier alpha value is -1.09. The lowest BCUT2D eigenvalue weighted by Gasteiger charge is -2.13. The van der Waals surface area contributed by atoms with E-state index in [2.05, 4.69) is 11.1 Å². The van der Waals surface area contributed by atoms with Gasteiger partial charge in [-0.15, -0.1) is 6.58 Å². The van der Waals surface area contributed by atoms with Crippen molar-refractivity contribution < 1.29 is 18.5 Å². The average Bonchev–Trinajstić information content (AvgIpc) is 2.18. The molecule has 0 spiro atoms. The molecular weight excluding hydrogens is 215 g/mol. The zero-order valence-corrected chi connectivity index (χ0v) is 9.31. The van der Waals surface area contributed by atoms with Crippen molar-refractivity contribution in [2.24, 2.45) is 0 Å². The summed E-state index contributed by atoms with van der Waals surface area (Å²) in [5.41, 5.74) is 0.772. The molecule has 0 amide bonds. The molecule has 1 aromatic rings. The summed E-state index contributed by atoms with van der Waals surface area (Å²) >= 11 is 0. The quantitative estimate of drug-likeness (QED) is 0.621. The van der Waals surface area contributed by atoms with Gasteiger partial charge in [-0.2, -0.15) is 0 Å². The van der Waals surface area contributed by atoms with Gasteiger partial charge in [0.1, 0.15) is 5.75 Å². The highest BCUT2D eigenvalue weighted by atomic mass is 31.2. The van der Waals surface area contributed by atoms with Gasteiger partial charge in [-0.05, 0) is 18.6 Å². The molecule has 0 aliphatic rings. The molecule has 0 saturated heterocycles. The van der Waals surface area contributed by atoms with Gasteiger partial charge in [-0.25, -0.2) is 4.57 Å². The zero-order valence-electron chi connectivity index (χ0n) is 8.42. The van der Waals surface area contributed by atoms with Crippen LogP contribution in [0.3, 0.4) is 0 Å². The topological polar surface area (TPSA) is 55.8 Å². The Morgan fingerprint density at radius 2 is 2.20 bits per heavy atom. The van der Waals surface area contributed by atoms with Gasteiger partial charge in [0.2, 0.25) is 0 Å². The highest BCUT2D eigenvalue weighted by molar-refractivity contribution is 7.47. The van der Waals surface area contributed by atoms with Gasteiger partial charge in [-0.3, -0.25) is 9.42 Å². The number of benzene rings is 1. The van der Waals surface area contributed by atoms with E-state index in [9.17, 15) is 9.46 Å². The molecule has 0 aliphatic heterocycles. The number of para-hydroxylation sites is 1. The molecule has 0 heterocycles. The molecule has 1 N–H and O–H groups in total. The third-order valence-corrected chi connectivity index (χ3v) is 2.57. The summed E-state index contributed by atoms with van der Waals surface area (Å²) in [6.07, 6.45) is 1.38. The number of hydrogen-bond acceptors (Lipinski definition) is 3. The minimum Gasteiger partial charge on any atom is -0.404 e. The van der Waals surface area contributed by atoms with Crippen LogP contribution in [0.15, 0.2) is 36.9 Å².